The minimum absolute atomic E-state index is 0.0792. The van der Waals surface area contributed by atoms with Crippen molar-refractivity contribution in [1.82, 2.24) is 10.0 Å². The second-order valence-corrected chi connectivity index (χ2v) is 9.68. The van der Waals surface area contributed by atoms with Crippen molar-refractivity contribution in [3.05, 3.63) is 59.1 Å². The van der Waals surface area contributed by atoms with Gasteiger partial charge in [0.1, 0.15) is 6.04 Å². The molecule has 2 aromatic carbocycles. The van der Waals surface area contributed by atoms with Crippen LogP contribution in [-0.2, 0) is 19.6 Å². The van der Waals surface area contributed by atoms with Crippen molar-refractivity contribution in [2.24, 2.45) is 0 Å². The van der Waals surface area contributed by atoms with Gasteiger partial charge >= 0.3 is 0 Å². The fourth-order valence-electron chi connectivity index (χ4n) is 2.48. The summed E-state index contributed by atoms with van der Waals surface area (Å²) in [6.45, 7) is 1.57. The molecular formula is C20H24ClN3O4S2. The molecule has 0 spiro atoms. The molecule has 0 aliphatic rings. The number of rotatable bonds is 10. The van der Waals surface area contributed by atoms with Crippen LogP contribution in [0.1, 0.15) is 12.0 Å². The average Bonchev–Trinajstić information content (AvgIpc) is 2.71. The van der Waals surface area contributed by atoms with Crippen LogP contribution in [0, 0.1) is 6.92 Å². The lowest BCUT2D eigenvalue weighted by Gasteiger charge is -2.18. The van der Waals surface area contributed by atoms with Gasteiger partial charge < -0.3 is 10.6 Å². The molecule has 1 unspecified atom stereocenters. The Balaban J connectivity index is 1.99. The molecular weight excluding hydrogens is 446 g/mol. The summed E-state index contributed by atoms with van der Waals surface area (Å²) in [7, 11) is -3.88. The molecule has 3 N–H and O–H groups in total. The maximum Gasteiger partial charge on any atom is 0.243 e. The summed E-state index contributed by atoms with van der Waals surface area (Å²) in [5, 5.41) is 5.66. The first-order valence-electron chi connectivity index (χ1n) is 9.12. The Bertz CT molecular complexity index is 965. The molecule has 1 atom stereocenters. The van der Waals surface area contributed by atoms with Crippen LogP contribution in [0.5, 0.6) is 0 Å². The fourth-order valence-corrected chi connectivity index (χ4v) is 4.31. The summed E-state index contributed by atoms with van der Waals surface area (Å²) in [5.41, 5.74) is 1.47. The number of carbonyl (C=O) groups excluding carboxylic acids is 2. The van der Waals surface area contributed by atoms with E-state index in [0.29, 0.717) is 16.5 Å². The summed E-state index contributed by atoms with van der Waals surface area (Å²) in [6, 6.07) is 11.9. The topological polar surface area (TPSA) is 104 Å². The molecule has 2 amide bonds. The van der Waals surface area contributed by atoms with E-state index in [2.05, 4.69) is 15.4 Å². The Morgan fingerprint density at radius 1 is 1.07 bits per heavy atom. The molecule has 0 aliphatic carbocycles. The molecule has 162 valence electrons. The van der Waals surface area contributed by atoms with Gasteiger partial charge in [-0.2, -0.15) is 16.5 Å². The van der Waals surface area contributed by atoms with Crippen LogP contribution >= 0.6 is 23.4 Å². The molecule has 0 aromatic heterocycles. The van der Waals surface area contributed by atoms with Crippen LogP contribution in [0.25, 0.3) is 0 Å². The fraction of sp³-hybridized carbons (Fsp3) is 0.300. The first kappa shape index (κ1) is 24.2. The van der Waals surface area contributed by atoms with E-state index < -0.39 is 27.9 Å². The van der Waals surface area contributed by atoms with E-state index in [0.717, 1.165) is 5.56 Å². The van der Waals surface area contributed by atoms with E-state index in [-0.39, 0.29) is 17.9 Å². The number of anilines is 1. The number of nitrogens with one attached hydrogen (secondary N) is 3. The lowest BCUT2D eigenvalue weighted by atomic mass is 10.2. The van der Waals surface area contributed by atoms with E-state index in [1.807, 2.05) is 13.2 Å². The summed E-state index contributed by atoms with van der Waals surface area (Å²) in [4.78, 5) is 24.7. The van der Waals surface area contributed by atoms with Crippen molar-refractivity contribution >= 4 is 50.9 Å². The highest BCUT2D eigenvalue weighted by Crippen LogP contribution is 2.14. The summed E-state index contributed by atoms with van der Waals surface area (Å²) >= 11 is 7.30. The molecule has 2 rings (SSSR count). The van der Waals surface area contributed by atoms with Gasteiger partial charge in [0.2, 0.25) is 21.8 Å². The molecule has 0 radical (unpaired) electrons. The monoisotopic (exact) mass is 469 g/mol. The van der Waals surface area contributed by atoms with Gasteiger partial charge in [-0.3, -0.25) is 9.59 Å². The number of amides is 2. The maximum atomic E-state index is 12.6. The first-order valence-corrected chi connectivity index (χ1v) is 12.4. The van der Waals surface area contributed by atoms with Gasteiger partial charge in [0.05, 0.1) is 11.4 Å². The maximum absolute atomic E-state index is 12.6. The Morgan fingerprint density at radius 3 is 2.30 bits per heavy atom. The molecule has 0 bridgehead atoms. The zero-order valence-corrected chi connectivity index (χ0v) is 19.0. The van der Waals surface area contributed by atoms with E-state index in [1.165, 1.54) is 23.9 Å². The Hall–Kier alpha value is -2.07. The minimum Gasteiger partial charge on any atom is -0.346 e. The van der Waals surface area contributed by atoms with Crippen molar-refractivity contribution in [2.75, 3.05) is 23.9 Å². The molecule has 0 fully saturated rings. The second-order valence-electron chi connectivity index (χ2n) is 6.54. The van der Waals surface area contributed by atoms with Crippen LogP contribution < -0.4 is 15.4 Å². The summed E-state index contributed by atoms with van der Waals surface area (Å²) in [5.74, 6) is -0.424. The Kier molecular flexibility index (Phi) is 9.16. The van der Waals surface area contributed by atoms with Gasteiger partial charge in [-0.1, -0.05) is 29.3 Å². The lowest BCUT2D eigenvalue weighted by molar-refractivity contribution is -0.125. The smallest absolute Gasteiger partial charge is 0.243 e. The van der Waals surface area contributed by atoms with Crippen molar-refractivity contribution in [3.8, 4) is 0 Å². The largest absolute Gasteiger partial charge is 0.346 e. The minimum atomic E-state index is -3.88. The normalized spacial score (nSPS) is 12.2. The van der Waals surface area contributed by atoms with E-state index in [1.54, 1.807) is 36.4 Å². The van der Waals surface area contributed by atoms with Crippen molar-refractivity contribution in [3.63, 3.8) is 0 Å². The summed E-state index contributed by atoms with van der Waals surface area (Å²) < 4.78 is 27.7. The third-order valence-corrected chi connectivity index (χ3v) is 6.49. The van der Waals surface area contributed by atoms with E-state index in [4.69, 9.17) is 11.6 Å². The van der Waals surface area contributed by atoms with Crippen molar-refractivity contribution < 1.29 is 18.0 Å². The standard InChI is InChI=1S/C20H24ClN3O4S2/c1-14-3-9-17(10-4-14)30(27,28)24-18(11-12-29-2)20(26)22-13-19(25)23-16-7-5-15(21)6-8-16/h3-10,18,24H,11-13H2,1-2H3,(H,22,26)(H,23,25). The Labute approximate surface area is 186 Å². The number of hydrogen-bond donors (Lipinski definition) is 3. The molecule has 0 saturated carbocycles. The van der Waals surface area contributed by atoms with Crippen molar-refractivity contribution in [1.29, 1.82) is 0 Å². The van der Waals surface area contributed by atoms with Gasteiger partial charge in [-0.25, -0.2) is 8.42 Å². The molecule has 0 saturated heterocycles. The highest BCUT2D eigenvalue weighted by atomic mass is 35.5. The SMILES string of the molecule is CSCCC(NS(=O)(=O)c1ccc(C)cc1)C(=O)NCC(=O)Nc1ccc(Cl)cc1. The summed E-state index contributed by atoms with van der Waals surface area (Å²) in [6.07, 6.45) is 2.15. The number of halogens is 1. The van der Waals surface area contributed by atoms with Gasteiger partial charge in [0.15, 0.2) is 0 Å². The van der Waals surface area contributed by atoms with E-state index >= 15 is 0 Å². The van der Waals surface area contributed by atoms with Gasteiger partial charge in [0.25, 0.3) is 0 Å². The number of hydrogen-bond acceptors (Lipinski definition) is 5. The molecule has 0 aliphatic heterocycles. The average molecular weight is 470 g/mol. The first-order chi connectivity index (χ1) is 14.2. The molecule has 0 heterocycles. The van der Waals surface area contributed by atoms with Crippen LogP contribution in [0.3, 0.4) is 0 Å². The Morgan fingerprint density at radius 2 is 1.70 bits per heavy atom. The quantitative estimate of drug-likeness (QED) is 0.496. The zero-order chi connectivity index (χ0) is 22.1. The van der Waals surface area contributed by atoms with Crippen LogP contribution in [0.2, 0.25) is 5.02 Å². The van der Waals surface area contributed by atoms with Crippen LogP contribution in [-0.4, -0.2) is 44.8 Å². The van der Waals surface area contributed by atoms with Gasteiger partial charge in [-0.05, 0) is 61.8 Å². The van der Waals surface area contributed by atoms with Gasteiger partial charge in [0, 0.05) is 10.7 Å². The highest BCUT2D eigenvalue weighted by Gasteiger charge is 2.25. The molecule has 2 aromatic rings. The van der Waals surface area contributed by atoms with Crippen LogP contribution in [0.4, 0.5) is 5.69 Å². The third-order valence-electron chi connectivity index (χ3n) is 4.11. The number of benzene rings is 2. The molecule has 30 heavy (non-hydrogen) atoms. The van der Waals surface area contributed by atoms with Crippen LogP contribution in [0.15, 0.2) is 53.4 Å². The number of sulfonamides is 1. The number of aryl methyl sites for hydroxylation is 1. The lowest BCUT2D eigenvalue weighted by Crippen LogP contribution is -2.48. The van der Waals surface area contributed by atoms with Crippen molar-refractivity contribution in [2.45, 2.75) is 24.3 Å². The highest BCUT2D eigenvalue weighted by molar-refractivity contribution is 7.98. The van der Waals surface area contributed by atoms with Gasteiger partial charge in [-0.15, -0.1) is 0 Å². The number of thioether (sulfide) groups is 1. The predicted molar refractivity (Wildman–Crippen MR) is 121 cm³/mol. The molecule has 10 heteroatoms. The predicted octanol–water partition coefficient (Wildman–Crippen LogP) is 2.80. The second kappa shape index (κ2) is 11.4. The number of carbonyl (C=O) groups is 2. The zero-order valence-electron chi connectivity index (χ0n) is 16.6. The third kappa shape index (κ3) is 7.64. The van der Waals surface area contributed by atoms with E-state index in [9.17, 15) is 18.0 Å². The molecule has 7 nitrogen and oxygen atoms in total.